The van der Waals surface area contributed by atoms with Crippen molar-refractivity contribution in [1.82, 2.24) is 15.3 Å². The maximum absolute atomic E-state index is 11.6. The number of nitrogens with one attached hydrogen (secondary N) is 2. The Morgan fingerprint density at radius 2 is 2.38 bits per heavy atom. The number of aliphatic hydroxyl groups excluding tert-OH is 1. The summed E-state index contributed by atoms with van der Waals surface area (Å²) >= 11 is 0. The van der Waals surface area contributed by atoms with Crippen molar-refractivity contribution < 1.29 is 9.90 Å². The van der Waals surface area contributed by atoms with Crippen LogP contribution in [0.15, 0.2) is 18.2 Å². The number of H-pyrrole nitrogens is 1. The van der Waals surface area contributed by atoms with E-state index in [-0.39, 0.29) is 19.1 Å². The number of carbonyl (C=O) groups excluding carboxylic acids is 1. The molecule has 2 rings (SSSR count). The quantitative estimate of drug-likeness (QED) is 0.707. The second-order valence-corrected chi connectivity index (χ2v) is 3.53. The molecule has 5 heteroatoms. The van der Waals surface area contributed by atoms with Gasteiger partial charge in [0.05, 0.1) is 17.6 Å². The number of rotatable bonds is 3. The van der Waals surface area contributed by atoms with Crippen molar-refractivity contribution >= 4 is 16.9 Å². The van der Waals surface area contributed by atoms with Gasteiger partial charge in [-0.1, -0.05) is 0 Å². The highest BCUT2D eigenvalue weighted by molar-refractivity contribution is 5.97. The maximum Gasteiger partial charge on any atom is 0.251 e. The minimum atomic E-state index is -0.198. The number of aromatic nitrogens is 2. The van der Waals surface area contributed by atoms with E-state index >= 15 is 0 Å². The molecule has 3 N–H and O–H groups in total. The number of aromatic amines is 1. The fraction of sp³-hybridized carbons (Fsp3) is 0.273. The SMILES string of the molecule is Cc1nc2cc(C(=O)NCCO)ccc2[nH]1. The lowest BCUT2D eigenvalue weighted by atomic mass is 10.2. The molecule has 0 saturated heterocycles. The Labute approximate surface area is 92.5 Å². The predicted octanol–water partition coefficient (Wildman–Crippen LogP) is 0.593. The van der Waals surface area contributed by atoms with Crippen LogP contribution in [0.1, 0.15) is 16.2 Å². The van der Waals surface area contributed by atoms with Crippen LogP contribution >= 0.6 is 0 Å². The van der Waals surface area contributed by atoms with Gasteiger partial charge in [0.25, 0.3) is 5.91 Å². The van der Waals surface area contributed by atoms with Crippen LogP contribution in [0.25, 0.3) is 11.0 Å². The monoisotopic (exact) mass is 219 g/mol. The molecule has 1 aromatic carbocycles. The maximum atomic E-state index is 11.6. The Morgan fingerprint density at radius 1 is 1.56 bits per heavy atom. The first-order valence-corrected chi connectivity index (χ1v) is 5.06. The van der Waals surface area contributed by atoms with Crippen molar-refractivity contribution in [1.29, 1.82) is 0 Å². The van der Waals surface area contributed by atoms with Crippen LogP contribution in [0, 0.1) is 6.92 Å². The van der Waals surface area contributed by atoms with Gasteiger partial charge in [-0.2, -0.15) is 0 Å². The van der Waals surface area contributed by atoms with Gasteiger partial charge in [-0.05, 0) is 25.1 Å². The molecular weight excluding hydrogens is 206 g/mol. The van der Waals surface area contributed by atoms with E-state index in [2.05, 4.69) is 15.3 Å². The second kappa shape index (κ2) is 4.32. The van der Waals surface area contributed by atoms with Crippen LogP contribution in [0.3, 0.4) is 0 Å². The Balaban J connectivity index is 2.28. The van der Waals surface area contributed by atoms with E-state index < -0.39 is 0 Å². The predicted molar refractivity (Wildman–Crippen MR) is 60.2 cm³/mol. The van der Waals surface area contributed by atoms with Gasteiger partial charge in [-0.25, -0.2) is 4.98 Å². The molecule has 0 bridgehead atoms. The first-order chi connectivity index (χ1) is 7.70. The summed E-state index contributed by atoms with van der Waals surface area (Å²) < 4.78 is 0. The van der Waals surface area contributed by atoms with Crippen molar-refractivity contribution in [2.24, 2.45) is 0 Å². The van der Waals surface area contributed by atoms with E-state index in [9.17, 15) is 4.79 Å². The van der Waals surface area contributed by atoms with Gasteiger partial charge in [0, 0.05) is 12.1 Å². The Bertz CT molecular complexity index is 519. The normalized spacial score (nSPS) is 10.6. The molecule has 0 saturated carbocycles. The number of fused-ring (bicyclic) bond motifs is 1. The number of hydrogen-bond acceptors (Lipinski definition) is 3. The number of aryl methyl sites for hydroxylation is 1. The minimum Gasteiger partial charge on any atom is -0.395 e. The fourth-order valence-electron chi connectivity index (χ4n) is 1.55. The van der Waals surface area contributed by atoms with Crippen molar-refractivity contribution in [3.05, 3.63) is 29.6 Å². The summed E-state index contributed by atoms with van der Waals surface area (Å²) in [5.74, 6) is 0.625. The van der Waals surface area contributed by atoms with Crippen LogP contribution in [0.5, 0.6) is 0 Å². The number of aliphatic hydroxyl groups is 1. The van der Waals surface area contributed by atoms with Gasteiger partial charge in [0.15, 0.2) is 0 Å². The first-order valence-electron chi connectivity index (χ1n) is 5.06. The number of carbonyl (C=O) groups is 1. The molecule has 1 heterocycles. The number of imidazole rings is 1. The molecule has 0 fully saturated rings. The standard InChI is InChI=1S/C11H13N3O2/c1-7-13-9-3-2-8(6-10(9)14-7)11(16)12-4-5-15/h2-3,6,15H,4-5H2,1H3,(H,12,16)(H,13,14). The molecule has 0 aliphatic heterocycles. The number of hydrogen-bond donors (Lipinski definition) is 3. The van der Waals surface area contributed by atoms with E-state index in [1.807, 2.05) is 13.0 Å². The van der Waals surface area contributed by atoms with Crippen molar-refractivity contribution in [2.45, 2.75) is 6.92 Å². The Kier molecular flexibility index (Phi) is 2.87. The number of amides is 1. The number of benzene rings is 1. The fourth-order valence-corrected chi connectivity index (χ4v) is 1.55. The summed E-state index contributed by atoms with van der Waals surface area (Å²) in [7, 11) is 0. The van der Waals surface area contributed by atoms with Crippen LogP contribution in [0.4, 0.5) is 0 Å². The summed E-state index contributed by atoms with van der Waals surface area (Å²) in [5, 5.41) is 11.2. The number of nitrogens with zero attached hydrogens (tertiary/aromatic N) is 1. The lowest BCUT2D eigenvalue weighted by molar-refractivity contribution is 0.0945. The average molecular weight is 219 g/mol. The van der Waals surface area contributed by atoms with Crippen LogP contribution in [-0.2, 0) is 0 Å². The minimum absolute atomic E-state index is 0.0600. The summed E-state index contributed by atoms with van der Waals surface area (Å²) in [6, 6.07) is 5.28. The van der Waals surface area contributed by atoms with Gasteiger partial charge in [0.2, 0.25) is 0 Å². The van der Waals surface area contributed by atoms with E-state index in [0.717, 1.165) is 16.9 Å². The zero-order valence-corrected chi connectivity index (χ0v) is 8.95. The molecule has 5 nitrogen and oxygen atoms in total. The Hall–Kier alpha value is -1.88. The molecule has 0 aliphatic rings. The molecule has 0 unspecified atom stereocenters. The third kappa shape index (κ3) is 2.04. The molecule has 1 aromatic heterocycles. The lowest BCUT2D eigenvalue weighted by Crippen LogP contribution is -2.26. The van der Waals surface area contributed by atoms with E-state index in [4.69, 9.17) is 5.11 Å². The molecule has 2 aromatic rings. The van der Waals surface area contributed by atoms with E-state index in [1.54, 1.807) is 12.1 Å². The summed E-state index contributed by atoms with van der Waals surface area (Å²) in [6.07, 6.45) is 0. The van der Waals surface area contributed by atoms with Crippen LogP contribution in [0.2, 0.25) is 0 Å². The van der Waals surface area contributed by atoms with Crippen LogP contribution < -0.4 is 5.32 Å². The highest BCUT2D eigenvalue weighted by atomic mass is 16.3. The molecule has 84 valence electrons. The third-order valence-corrected chi connectivity index (χ3v) is 2.26. The smallest absolute Gasteiger partial charge is 0.251 e. The molecular formula is C11H13N3O2. The van der Waals surface area contributed by atoms with Crippen molar-refractivity contribution in [3.63, 3.8) is 0 Å². The molecule has 0 radical (unpaired) electrons. The van der Waals surface area contributed by atoms with Gasteiger partial charge in [-0.15, -0.1) is 0 Å². The van der Waals surface area contributed by atoms with Gasteiger partial charge in [-0.3, -0.25) is 4.79 Å². The zero-order valence-electron chi connectivity index (χ0n) is 8.95. The molecule has 1 amide bonds. The Morgan fingerprint density at radius 3 is 3.12 bits per heavy atom. The third-order valence-electron chi connectivity index (χ3n) is 2.26. The van der Waals surface area contributed by atoms with Crippen molar-refractivity contribution in [2.75, 3.05) is 13.2 Å². The second-order valence-electron chi connectivity index (χ2n) is 3.53. The van der Waals surface area contributed by atoms with Gasteiger partial charge < -0.3 is 15.4 Å². The molecule has 0 aliphatic carbocycles. The zero-order chi connectivity index (χ0) is 11.5. The molecule has 0 atom stereocenters. The highest BCUT2D eigenvalue weighted by Crippen LogP contribution is 2.13. The first kappa shape index (κ1) is 10.6. The van der Waals surface area contributed by atoms with Crippen LogP contribution in [-0.4, -0.2) is 34.1 Å². The van der Waals surface area contributed by atoms with Crippen molar-refractivity contribution in [3.8, 4) is 0 Å². The van der Waals surface area contributed by atoms with Gasteiger partial charge >= 0.3 is 0 Å². The summed E-state index contributed by atoms with van der Waals surface area (Å²) in [6.45, 7) is 2.07. The van der Waals surface area contributed by atoms with Gasteiger partial charge in [0.1, 0.15) is 5.82 Å². The largest absolute Gasteiger partial charge is 0.395 e. The topological polar surface area (TPSA) is 78.0 Å². The molecule has 16 heavy (non-hydrogen) atoms. The highest BCUT2D eigenvalue weighted by Gasteiger charge is 2.07. The molecule has 0 spiro atoms. The summed E-state index contributed by atoms with van der Waals surface area (Å²) in [5.41, 5.74) is 2.23. The average Bonchev–Trinajstić information content (AvgIpc) is 2.64. The lowest BCUT2D eigenvalue weighted by Gasteiger charge is -2.02. The van der Waals surface area contributed by atoms with E-state index in [1.165, 1.54) is 0 Å². The summed E-state index contributed by atoms with van der Waals surface area (Å²) in [4.78, 5) is 18.9. The van der Waals surface area contributed by atoms with E-state index in [0.29, 0.717) is 5.56 Å².